The number of aromatic amines is 1. The molecule has 5 rings (SSSR count). The number of nitrogens with two attached hydrogens (primary N) is 1. The molecule has 8 heteroatoms. The molecule has 146 valence electrons. The van der Waals surface area contributed by atoms with Crippen molar-refractivity contribution in [3.8, 4) is 0 Å². The van der Waals surface area contributed by atoms with Crippen molar-refractivity contribution in [3.05, 3.63) is 83.8 Å². The fourth-order valence-corrected chi connectivity index (χ4v) is 7.56. The Morgan fingerprint density at radius 1 is 1.00 bits per heavy atom. The van der Waals surface area contributed by atoms with Gasteiger partial charge in [-0.1, -0.05) is 56.1 Å². The molecule has 1 aliphatic rings. The molecule has 0 saturated heterocycles. The highest BCUT2D eigenvalue weighted by atomic mass is 79.9. The number of nitrogens with zero attached hydrogens (tertiary/aromatic N) is 1. The lowest BCUT2D eigenvalue weighted by Crippen LogP contribution is -2.12. The molecule has 3 heterocycles. The van der Waals surface area contributed by atoms with Gasteiger partial charge in [-0.05, 0) is 59.6 Å². The zero-order chi connectivity index (χ0) is 20.1. The number of nitrogen functional groups attached to an aromatic ring is 1. The van der Waals surface area contributed by atoms with Crippen molar-refractivity contribution < 1.29 is 0 Å². The summed E-state index contributed by atoms with van der Waals surface area (Å²) in [5.74, 6) is 0.619. The van der Waals surface area contributed by atoms with Crippen LogP contribution >= 0.6 is 67.2 Å². The van der Waals surface area contributed by atoms with Crippen molar-refractivity contribution in [3.63, 3.8) is 0 Å². The molecule has 0 radical (unpaired) electrons. The highest BCUT2D eigenvalue weighted by Crippen LogP contribution is 2.55. The molecule has 0 saturated carbocycles. The summed E-state index contributed by atoms with van der Waals surface area (Å²) in [5.41, 5.74) is 10.3. The molecular weight excluding hydrogens is 550 g/mol. The van der Waals surface area contributed by atoms with Gasteiger partial charge in [0.15, 0.2) is 4.77 Å². The van der Waals surface area contributed by atoms with Crippen molar-refractivity contribution in [2.24, 2.45) is 0 Å². The van der Waals surface area contributed by atoms with E-state index in [0.717, 1.165) is 25.6 Å². The zero-order valence-corrected chi connectivity index (χ0v) is 20.6. The minimum Gasteiger partial charge on any atom is -0.385 e. The molecule has 0 unspecified atom stereocenters. The van der Waals surface area contributed by atoms with Crippen LogP contribution in [-0.4, -0.2) is 9.97 Å². The van der Waals surface area contributed by atoms with E-state index in [1.807, 2.05) is 11.8 Å². The van der Waals surface area contributed by atoms with Crippen LogP contribution in [0.15, 0.2) is 57.5 Å². The predicted octanol–water partition coefficient (Wildman–Crippen LogP) is 7.58. The van der Waals surface area contributed by atoms with Crippen LogP contribution in [0.1, 0.15) is 32.1 Å². The molecule has 0 bridgehead atoms. The summed E-state index contributed by atoms with van der Waals surface area (Å²) in [6.45, 7) is 0. The number of hydrogen-bond donors (Lipinski definition) is 2. The Bertz CT molecular complexity index is 1260. The third-order valence-corrected chi connectivity index (χ3v) is 9.21. The molecule has 0 spiro atoms. The van der Waals surface area contributed by atoms with Gasteiger partial charge in [0.1, 0.15) is 10.6 Å². The summed E-state index contributed by atoms with van der Waals surface area (Å²) in [4.78, 5) is 9.86. The van der Waals surface area contributed by atoms with E-state index in [1.54, 1.807) is 11.3 Å². The normalized spacial score (nSPS) is 18.7. The maximum Gasteiger partial charge on any atom is 0.199 e. The SMILES string of the molecule is Nc1[nH]c(=S)nc2sc3c(c12)C[C@@H](c1ccc(Br)cc1)S[C@H]3c1ccc(Br)cc1. The number of thioether (sulfide) groups is 1. The van der Waals surface area contributed by atoms with E-state index in [1.165, 1.54) is 21.6 Å². The molecule has 4 aromatic rings. The van der Waals surface area contributed by atoms with Crippen molar-refractivity contribution in [2.45, 2.75) is 16.9 Å². The highest BCUT2D eigenvalue weighted by molar-refractivity contribution is 9.10. The van der Waals surface area contributed by atoms with Crippen molar-refractivity contribution in [1.29, 1.82) is 0 Å². The summed E-state index contributed by atoms with van der Waals surface area (Å²) < 4.78 is 2.61. The second-order valence-electron chi connectivity index (χ2n) is 6.89. The molecule has 2 aromatic heterocycles. The van der Waals surface area contributed by atoms with E-state index in [9.17, 15) is 0 Å². The maximum atomic E-state index is 6.36. The number of halogens is 2. The van der Waals surface area contributed by atoms with Crippen LogP contribution in [0.5, 0.6) is 0 Å². The first-order chi connectivity index (χ1) is 14.0. The smallest absolute Gasteiger partial charge is 0.199 e. The van der Waals surface area contributed by atoms with E-state index in [2.05, 4.69) is 90.4 Å². The van der Waals surface area contributed by atoms with Gasteiger partial charge in [0.2, 0.25) is 0 Å². The fraction of sp³-hybridized carbons (Fsp3) is 0.143. The largest absolute Gasteiger partial charge is 0.385 e. The van der Waals surface area contributed by atoms with Gasteiger partial charge in [-0.25, -0.2) is 4.98 Å². The molecule has 3 N–H and O–H groups in total. The van der Waals surface area contributed by atoms with Gasteiger partial charge in [0.05, 0.1) is 10.6 Å². The summed E-state index contributed by atoms with van der Waals surface area (Å²) in [6.07, 6.45) is 0.922. The van der Waals surface area contributed by atoms with Gasteiger partial charge in [0, 0.05) is 19.1 Å². The topological polar surface area (TPSA) is 54.7 Å². The maximum absolute atomic E-state index is 6.36. The summed E-state index contributed by atoms with van der Waals surface area (Å²) in [7, 11) is 0. The van der Waals surface area contributed by atoms with Gasteiger partial charge >= 0.3 is 0 Å². The molecule has 29 heavy (non-hydrogen) atoms. The summed E-state index contributed by atoms with van der Waals surface area (Å²) in [5, 5.41) is 1.60. The number of anilines is 1. The standard InChI is InChI=1S/C21H15Br2N3S3/c22-12-5-1-10(2-6-12)15-9-14-16-19(24)25-21(27)26-20(16)29-18(14)17(28-15)11-3-7-13(23)8-4-11/h1-8,15,17H,9H2,(H3,24,25,26,27)/t15-,17-/m0/s1. The summed E-state index contributed by atoms with van der Waals surface area (Å²) >= 11 is 16.1. The molecule has 0 fully saturated rings. The Labute approximate surface area is 198 Å². The van der Waals surface area contributed by atoms with Gasteiger partial charge in [-0.15, -0.1) is 23.1 Å². The van der Waals surface area contributed by atoms with Crippen LogP contribution in [0.4, 0.5) is 5.82 Å². The van der Waals surface area contributed by atoms with Crippen LogP contribution < -0.4 is 5.73 Å². The number of thiophene rings is 1. The van der Waals surface area contributed by atoms with Crippen molar-refractivity contribution in [2.75, 3.05) is 5.73 Å². The second kappa shape index (κ2) is 7.81. The molecule has 3 nitrogen and oxygen atoms in total. The number of hydrogen-bond acceptors (Lipinski definition) is 5. The monoisotopic (exact) mass is 563 g/mol. The fourth-order valence-electron chi connectivity index (χ4n) is 3.74. The number of benzene rings is 2. The first-order valence-corrected chi connectivity index (χ1v) is 12.7. The lowest BCUT2D eigenvalue weighted by atomic mass is 9.98. The summed E-state index contributed by atoms with van der Waals surface area (Å²) in [6, 6.07) is 17.2. The number of rotatable bonds is 2. The van der Waals surface area contributed by atoms with E-state index >= 15 is 0 Å². The van der Waals surface area contributed by atoms with E-state index in [-0.39, 0.29) is 5.25 Å². The zero-order valence-electron chi connectivity index (χ0n) is 15.0. The minimum atomic E-state index is 0.229. The first kappa shape index (κ1) is 19.8. The Hall–Kier alpha value is -1.19. The Morgan fingerprint density at radius 3 is 2.28 bits per heavy atom. The van der Waals surface area contributed by atoms with Crippen LogP contribution in [-0.2, 0) is 6.42 Å². The average molecular weight is 565 g/mol. The predicted molar refractivity (Wildman–Crippen MR) is 133 cm³/mol. The van der Waals surface area contributed by atoms with Crippen molar-refractivity contribution >= 4 is 83.2 Å². The lowest BCUT2D eigenvalue weighted by Gasteiger charge is -2.30. The Morgan fingerprint density at radius 2 is 1.62 bits per heavy atom. The molecule has 0 amide bonds. The number of fused-ring (bicyclic) bond motifs is 3. The van der Waals surface area contributed by atoms with Crippen LogP contribution in [0.3, 0.4) is 0 Å². The number of aromatic nitrogens is 2. The third-order valence-electron chi connectivity index (χ3n) is 5.08. The van der Waals surface area contributed by atoms with E-state index < -0.39 is 0 Å². The molecular formula is C21H15Br2N3S3. The van der Waals surface area contributed by atoms with E-state index in [0.29, 0.717) is 15.8 Å². The minimum absolute atomic E-state index is 0.229. The lowest BCUT2D eigenvalue weighted by molar-refractivity contribution is 0.894. The van der Waals surface area contributed by atoms with Gasteiger partial charge in [-0.2, -0.15) is 0 Å². The van der Waals surface area contributed by atoms with Crippen LogP contribution in [0, 0.1) is 4.77 Å². The highest BCUT2D eigenvalue weighted by Gasteiger charge is 2.34. The van der Waals surface area contributed by atoms with Gasteiger partial charge in [0.25, 0.3) is 0 Å². The van der Waals surface area contributed by atoms with Gasteiger partial charge < -0.3 is 10.7 Å². The second-order valence-corrected chi connectivity index (χ2v) is 11.5. The van der Waals surface area contributed by atoms with E-state index in [4.69, 9.17) is 18.0 Å². The number of nitrogens with one attached hydrogen (secondary N) is 1. The van der Waals surface area contributed by atoms with Crippen LogP contribution in [0.25, 0.3) is 10.2 Å². The molecule has 0 aliphatic carbocycles. The molecule has 2 aromatic carbocycles. The Balaban J connectivity index is 1.70. The first-order valence-electron chi connectivity index (χ1n) is 8.97. The van der Waals surface area contributed by atoms with Crippen LogP contribution in [0.2, 0.25) is 0 Å². The molecule has 1 aliphatic heterocycles. The Kier molecular flexibility index (Phi) is 5.32. The van der Waals surface area contributed by atoms with Crippen molar-refractivity contribution in [1.82, 2.24) is 9.97 Å². The molecule has 2 atom stereocenters. The average Bonchev–Trinajstić information content (AvgIpc) is 3.07. The van der Waals surface area contributed by atoms with Gasteiger partial charge in [-0.3, -0.25) is 0 Å². The number of H-pyrrole nitrogens is 1. The quantitative estimate of drug-likeness (QED) is 0.246. The third kappa shape index (κ3) is 3.70.